The minimum Gasteiger partial charge on any atom is -0.415 e. The van der Waals surface area contributed by atoms with Gasteiger partial charge in [-0.3, -0.25) is 0 Å². The van der Waals surface area contributed by atoms with Crippen LogP contribution in [0.25, 0.3) is 0 Å². The molecule has 0 saturated carbocycles. The first-order chi connectivity index (χ1) is 39.8. The average molecular weight is 1560 g/mol. The maximum atomic E-state index is 5.70. The molecule has 0 amide bonds. The molecule has 0 radical (unpaired) electrons. The zero-order valence-corrected chi connectivity index (χ0v) is 62.4. The van der Waals surface area contributed by atoms with E-state index >= 15 is 0 Å². The summed E-state index contributed by atoms with van der Waals surface area (Å²) in [6.45, 7) is 36.9. The zero-order valence-electron chi connectivity index (χ0n) is 57.4. The van der Waals surface area contributed by atoms with E-state index in [0.29, 0.717) is 138 Å². The van der Waals surface area contributed by atoms with E-state index < -0.39 is 48.2 Å². The molecule has 0 spiro atoms. The summed E-state index contributed by atoms with van der Waals surface area (Å²) in [5.74, 6) is 0. The fourth-order valence-electron chi connectivity index (χ4n) is 4.94. The van der Waals surface area contributed by atoms with Crippen molar-refractivity contribution < 1.29 is 121 Å². The predicted octanol–water partition coefficient (Wildman–Crippen LogP) is 15.4. The molecule has 0 atom stereocenters. The maximum absolute atomic E-state index is 5.70. The van der Waals surface area contributed by atoms with Gasteiger partial charge >= 0.3 is 23.5 Å². The molecule has 0 bridgehead atoms. The maximum Gasteiger partial charge on any atom is 0.497 e. The van der Waals surface area contributed by atoms with E-state index in [-0.39, 0.29) is 138 Å². The number of ether oxygens (including phenoxy) is 19. The van der Waals surface area contributed by atoms with Crippen LogP contribution in [0.1, 0.15) is 111 Å². The van der Waals surface area contributed by atoms with Crippen LogP contribution >= 0.6 is 0 Å². The van der Waals surface area contributed by atoms with Crippen LogP contribution in [0.3, 0.4) is 0 Å². The Labute approximate surface area is 626 Å². The molecule has 99 heavy (non-hydrogen) atoms. The van der Waals surface area contributed by atoms with Gasteiger partial charge in [0.25, 0.3) is 0 Å². The minimum atomic E-state index is -2.60. The molecular formula is C68H188O26Si5. The number of methoxy groups -OCH3 is 13. The number of rotatable bonds is 54. The number of hydrogen-bond acceptors (Lipinski definition) is 26. The van der Waals surface area contributed by atoms with Gasteiger partial charge in [0.2, 0.25) is 8.32 Å². The van der Waals surface area contributed by atoms with Crippen LogP contribution in [0.4, 0.5) is 0 Å². The van der Waals surface area contributed by atoms with Gasteiger partial charge in [0.05, 0.1) is 186 Å². The van der Waals surface area contributed by atoms with Crippen molar-refractivity contribution in [2.24, 2.45) is 0 Å². The molecule has 0 aliphatic heterocycles. The van der Waals surface area contributed by atoms with Crippen LogP contribution in [0, 0.1) is 0 Å². The molecule has 0 aromatic carbocycles. The van der Waals surface area contributed by atoms with E-state index in [1.54, 1.807) is 92.4 Å². The molecule has 0 saturated heterocycles. The van der Waals surface area contributed by atoms with Crippen molar-refractivity contribution in [1.29, 1.82) is 0 Å². The molecule has 0 aliphatic carbocycles. The normalized spacial score (nSPS) is 10.2. The molecular weight excluding hydrogens is 1370 g/mol. The van der Waals surface area contributed by atoms with Gasteiger partial charge in [0.15, 0.2) is 8.32 Å². The highest BCUT2D eigenvalue weighted by atomic mass is 28.4. The lowest BCUT2D eigenvalue weighted by atomic mass is 10.7. The van der Waals surface area contributed by atoms with Crippen LogP contribution in [0.5, 0.6) is 0 Å². The van der Waals surface area contributed by atoms with Crippen LogP contribution in [0.2, 0.25) is 72.0 Å². The first-order valence-corrected chi connectivity index (χ1v) is 43.6. The molecule has 0 aromatic heterocycles. The van der Waals surface area contributed by atoms with Gasteiger partial charge in [-0.1, -0.05) is 131 Å². The molecule has 0 unspecified atom stereocenters. The van der Waals surface area contributed by atoms with Gasteiger partial charge in [0, 0.05) is 105 Å². The van der Waals surface area contributed by atoms with Crippen LogP contribution < -0.4 is 0 Å². The van der Waals surface area contributed by atoms with Crippen LogP contribution in [0.15, 0.2) is 0 Å². The van der Waals surface area contributed by atoms with Gasteiger partial charge in [-0.15, -0.1) is 0 Å². The summed E-state index contributed by atoms with van der Waals surface area (Å²) >= 11 is 0. The summed E-state index contributed by atoms with van der Waals surface area (Å²) in [4.78, 5) is 0. The second-order valence-electron chi connectivity index (χ2n) is 20.5. The minimum absolute atomic E-state index is 0. The fourth-order valence-corrected chi connectivity index (χ4v) is 10.6. The monoisotopic (exact) mass is 1560 g/mol. The second-order valence-corrected chi connectivity index (χ2v) is 40.5. The Morgan fingerprint density at radius 3 is 0.616 bits per heavy atom. The average Bonchev–Trinajstić information content (AvgIpc) is 0.896. The summed E-state index contributed by atoms with van der Waals surface area (Å²) in [7, 11) is 12.8. The predicted molar refractivity (Wildman–Crippen MR) is 438 cm³/mol. The summed E-state index contributed by atoms with van der Waals surface area (Å²) < 4.78 is 136. The van der Waals surface area contributed by atoms with Crippen LogP contribution in [-0.2, 0) is 121 Å². The second kappa shape index (κ2) is 114. The van der Waals surface area contributed by atoms with Crippen LogP contribution in [-0.4, -0.2) is 325 Å². The molecule has 0 rings (SSSR count). The Balaban J connectivity index is -0.0000000383. The van der Waals surface area contributed by atoms with Gasteiger partial charge < -0.3 is 121 Å². The Kier molecular flexibility index (Phi) is 180. The van der Waals surface area contributed by atoms with Crippen molar-refractivity contribution in [1.82, 2.24) is 0 Å². The molecule has 0 N–H and O–H groups in total. The molecule has 0 fully saturated rings. The SMILES string of the molecule is C.C.C.C.C.C.C.C.C.C.C.C.C.C.C.COCCOC(OCCOC)(OCCOC)OCCOC.COCCOC[Si](C)(C)C.COCCOC[Si](C)(C)OCCOC.COCCO[Si](C)(C)C.COCCO[Si](C)(C)OCCOC.COCCO[Si](C)(OCCOC)OCCOC. The molecule has 0 aromatic rings. The Morgan fingerprint density at radius 1 is 0.202 bits per heavy atom. The van der Waals surface area contributed by atoms with Crippen molar-refractivity contribution >= 4 is 42.1 Å². The summed E-state index contributed by atoms with van der Waals surface area (Å²) in [6, 6.07) is 0. The highest BCUT2D eigenvalue weighted by Crippen LogP contribution is 2.18. The summed E-state index contributed by atoms with van der Waals surface area (Å²) in [5.41, 5.74) is 0. The quantitative estimate of drug-likeness (QED) is 0.0312. The zero-order chi connectivity index (χ0) is 65.2. The van der Waals surface area contributed by atoms with Gasteiger partial charge in [-0.2, -0.15) is 0 Å². The largest absolute Gasteiger partial charge is 0.497 e. The Morgan fingerprint density at radius 2 is 0.394 bits per heavy atom. The van der Waals surface area contributed by atoms with Crippen molar-refractivity contribution in [3.63, 3.8) is 0 Å². The summed E-state index contributed by atoms with van der Waals surface area (Å²) in [6.07, 6.45) is 0.0323. The van der Waals surface area contributed by atoms with E-state index in [2.05, 4.69) is 52.4 Å². The first-order valence-electron chi connectivity index (χ1n) is 28.3. The highest BCUT2D eigenvalue weighted by Gasteiger charge is 2.36. The van der Waals surface area contributed by atoms with Crippen molar-refractivity contribution in [3.05, 3.63) is 0 Å². The lowest BCUT2D eigenvalue weighted by Crippen LogP contribution is -2.45. The summed E-state index contributed by atoms with van der Waals surface area (Å²) in [5, 5.41) is 0. The third-order valence-corrected chi connectivity index (χ3v) is 17.2. The van der Waals surface area contributed by atoms with Gasteiger partial charge in [-0.05, 0) is 45.8 Å². The lowest BCUT2D eigenvalue weighted by molar-refractivity contribution is -0.501. The van der Waals surface area contributed by atoms with Crippen molar-refractivity contribution in [2.45, 2.75) is 190 Å². The smallest absolute Gasteiger partial charge is 0.415 e. The molecule has 0 aliphatic rings. The van der Waals surface area contributed by atoms with Crippen molar-refractivity contribution in [2.75, 3.05) is 277 Å². The van der Waals surface area contributed by atoms with E-state index in [0.717, 1.165) is 19.4 Å². The van der Waals surface area contributed by atoms with Gasteiger partial charge in [-0.25, -0.2) is 0 Å². The molecule has 31 heteroatoms. The number of hydrogen-bond donors (Lipinski definition) is 0. The van der Waals surface area contributed by atoms with E-state index in [9.17, 15) is 0 Å². The molecule has 0 heterocycles. The van der Waals surface area contributed by atoms with Crippen molar-refractivity contribution in [3.8, 4) is 0 Å². The highest BCUT2D eigenvalue weighted by molar-refractivity contribution is 6.76. The molecule has 636 valence electrons. The van der Waals surface area contributed by atoms with E-state index in [4.69, 9.17) is 121 Å². The third kappa shape index (κ3) is 141. The lowest BCUT2D eigenvalue weighted by Gasteiger charge is -2.32. The van der Waals surface area contributed by atoms with Gasteiger partial charge in [0.1, 0.15) is 0 Å². The standard InChI is InChI=1S/C13H28O8.C10H24O6Si.C9H22O4Si.C8H20O4Si.C7H18O2Si.C6H16O2Si.15CH4/c1-14-5-9-18-13(19-10-6-15-2,20-11-7-16-3)21-12-8-17-4;1-11-5-8-14-17(4,15-9-6-12-2)16-10-7-13-3;1-10-5-7-12-9-14(3,4)13-8-6-11-2;1-9-5-7-11-13(3,4)12-8-6-10-2;1-8-5-6-9-7-10(2,3)4;1-7-5-6-8-9(2,3)4;;;;;;;;;;;;;;;/h5-12H2,1-4H3;5-10H2,1-4H3;5-9H2,1-4H3;5-8H2,1-4H3;5-7H2,1-4H3;5-6H2,1-4H3;15*1H4. The Bertz CT molecular complexity index is 1160. The molecule has 26 nitrogen and oxygen atoms in total. The Hall–Kier alpha value is 0.0444. The fraction of sp³-hybridized carbons (Fsp3) is 1.00. The van der Waals surface area contributed by atoms with E-state index in [1.165, 1.54) is 0 Å². The third-order valence-electron chi connectivity index (χ3n) is 9.15. The first kappa shape index (κ1) is 156. The topological polar surface area (TPSA) is 240 Å². The van der Waals surface area contributed by atoms with E-state index in [1.807, 2.05) is 19.6 Å².